The highest BCUT2D eigenvalue weighted by Crippen LogP contribution is 2.29. The molecule has 0 N–H and O–H groups in total. The summed E-state index contributed by atoms with van der Waals surface area (Å²) in [5, 5.41) is 0.106. The Hall–Kier alpha value is -1.05. The van der Waals surface area contributed by atoms with Crippen molar-refractivity contribution in [3.8, 4) is 0 Å². The first-order valence-electron chi connectivity index (χ1n) is 5.13. The van der Waals surface area contributed by atoms with Gasteiger partial charge in [0, 0.05) is 13.1 Å². The lowest BCUT2D eigenvalue weighted by Crippen LogP contribution is -2.23. The zero-order valence-corrected chi connectivity index (χ0v) is 9.98. The van der Waals surface area contributed by atoms with Crippen molar-refractivity contribution in [2.24, 2.45) is 0 Å². The smallest absolute Gasteiger partial charge is 0.341 e. The molecule has 0 amide bonds. The van der Waals surface area contributed by atoms with E-state index in [-0.39, 0.29) is 11.1 Å². The molecule has 1 aliphatic rings. The van der Waals surface area contributed by atoms with Gasteiger partial charge in [-0.05, 0) is 19.1 Å². The summed E-state index contributed by atoms with van der Waals surface area (Å²) in [6, 6.07) is 0. The van der Waals surface area contributed by atoms with Crippen LogP contribution >= 0.6 is 11.8 Å². The fourth-order valence-corrected chi connectivity index (χ4v) is 1.97. The van der Waals surface area contributed by atoms with Crippen molar-refractivity contribution in [2.45, 2.75) is 24.2 Å². The molecule has 1 aliphatic heterocycles. The number of hydrogen-bond donors (Lipinski definition) is 0. The maximum atomic E-state index is 12.6. The van der Waals surface area contributed by atoms with Crippen LogP contribution in [0.3, 0.4) is 0 Å². The minimum absolute atomic E-state index is 0.106. The third-order valence-corrected chi connectivity index (χ3v) is 2.98. The van der Waals surface area contributed by atoms with Gasteiger partial charge in [-0.3, -0.25) is 0 Å². The van der Waals surface area contributed by atoms with E-state index in [2.05, 4.69) is 15.0 Å². The molecular formula is C9H11F3N4S. The van der Waals surface area contributed by atoms with E-state index in [1.165, 1.54) is 0 Å². The van der Waals surface area contributed by atoms with E-state index in [1.807, 2.05) is 0 Å². The molecule has 0 radical (unpaired) electrons. The molecule has 2 heterocycles. The van der Waals surface area contributed by atoms with Crippen LogP contribution in [-0.4, -0.2) is 34.3 Å². The second-order valence-corrected chi connectivity index (χ2v) is 4.41. The molecule has 0 aromatic carbocycles. The van der Waals surface area contributed by atoms with Crippen LogP contribution in [0.1, 0.15) is 18.7 Å². The summed E-state index contributed by atoms with van der Waals surface area (Å²) >= 11 is 1.08. The minimum atomic E-state index is -4.53. The molecular weight excluding hydrogens is 253 g/mol. The Morgan fingerprint density at radius 3 is 2.29 bits per heavy atom. The maximum Gasteiger partial charge on any atom is 0.451 e. The molecule has 1 fully saturated rings. The number of thioether (sulfide) groups is 1. The number of aromatic nitrogens is 3. The first-order chi connectivity index (χ1) is 8.00. The van der Waals surface area contributed by atoms with E-state index < -0.39 is 12.0 Å². The van der Waals surface area contributed by atoms with Crippen LogP contribution in [0.2, 0.25) is 0 Å². The van der Waals surface area contributed by atoms with Crippen molar-refractivity contribution in [3.05, 3.63) is 5.82 Å². The van der Waals surface area contributed by atoms with Crippen LogP contribution in [0.25, 0.3) is 0 Å². The average Bonchev–Trinajstić information content (AvgIpc) is 2.80. The van der Waals surface area contributed by atoms with Crippen molar-refractivity contribution < 1.29 is 13.2 Å². The third kappa shape index (κ3) is 2.80. The molecule has 0 atom stereocenters. The minimum Gasteiger partial charge on any atom is -0.341 e. The molecule has 0 bridgehead atoms. The van der Waals surface area contributed by atoms with Gasteiger partial charge >= 0.3 is 6.18 Å². The molecule has 0 unspecified atom stereocenters. The van der Waals surface area contributed by atoms with Crippen LogP contribution < -0.4 is 4.90 Å². The van der Waals surface area contributed by atoms with Crippen molar-refractivity contribution in [1.82, 2.24) is 15.0 Å². The zero-order chi connectivity index (χ0) is 12.5. The lowest BCUT2D eigenvalue weighted by molar-refractivity contribution is -0.145. The van der Waals surface area contributed by atoms with E-state index in [9.17, 15) is 13.2 Å². The zero-order valence-electron chi connectivity index (χ0n) is 9.16. The fourth-order valence-electron chi connectivity index (χ4n) is 1.62. The lowest BCUT2D eigenvalue weighted by atomic mass is 10.4. The SMILES string of the molecule is CSc1nc(N2CCCC2)nc(C(F)(F)F)n1. The summed E-state index contributed by atoms with van der Waals surface area (Å²) in [6.45, 7) is 1.41. The molecule has 8 heteroatoms. The molecule has 1 saturated heterocycles. The Kier molecular flexibility index (Phi) is 3.41. The number of anilines is 1. The van der Waals surface area contributed by atoms with E-state index in [0.29, 0.717) is 13.1 Å². The van der Waals surface area contributed by atoms with E-state index in [0.717, 1.165) is 24.6 Å². The van der Waals surface area contributed by atoms with Crippen molar-refractivity contribution >= 4 is 17.7 Å². The van der Waals surface area contributed by atoms with E-state index in [1.54, 1.807) is 11.2 Å². The number of hydrogen-bond acceptors (Lipinski definition) is 5. The van der Waals surface area contributed by atoms with Gasteiger partial charge in [0.25, 0.3) is 0 Å². The maximum absolute atomic E-state index is 12.6. The van der Waals surface area contributed by atoms with Gasteiger partial charge in [0.2, 0.25) is 11.8 Å². The average molecular weight is 264 g/mol. The topological polar surface area (TPSA) is 41.9 Å². The Morgan fingerprint density at radius 2 is 1.76 bits per heavy atom. The molecule has 0 aliphatic carbocycles. The van der Waals surface area contributed by atoms with Gasteiger partial charge in [-0.15, -0.1) is 0 Å². The molecule has 4 nitrogen and oxygen atoms in total. The standard InChI is InChI=1S/C9H11F3N4S/c1-17-8-14-6(9(10,11)12)13-7(15-8)16-4-2-3-5-16/h2-5H2,1H3. The monoisotopic (exact) mass is 264 g/mol. The summed E-state index contributed by atoms with van der Waals surface area (Å²) in [5.41, 5.74) is 0. The molecule has 0 spiro atoms. The first kappa shape index (κ1) is 12.4. The molecule has 0 saturated carbocycles. The highest BCUT2D eigenvalue weighted by atomic mass is 32.2. The van der Waals surface area contributed by atoms with Gasteiger partial charge < -0.3 is 4.90 Å². The molecule has 2 rings (SSSR count). The second kappa shape index (κ2) is 4.67. The number of rotatable bonds is 2. The fraction of sp³-hybridized carbons (Fsp3) is 0.667. The number of alkyl halides is 3. The molecule has 1 aromatic rings. The lowest BCUT2D eigenvalue weighted by Gasteiger charge is -2.16. The largest absolute Gasteiger partial charge is 0.451 e. The van der Waals surface area contributed by atoms with Crippen LogP contribution in [0, 0.1) is 0 Å². The third-order valence-electron chi connectivity index (χ3n) is 2.43. The van der Waals surface area contributed by atoms with Gasteiger partial charge in [-0.25, -0.2) is 0 Å². The van der Waals surface area contributed by atoms with Crippen LogP contribution in [-0.2, 0) is 6.18 Å². The highest BCUT2D eigenvalue weighted by Gasteiger charge is 2.36. The molecule has 94 valence electrons. The van der Waals surface area contributed by atoms with Gasteiger partial charge in [0.1, 0.15) is 0 Å². The summed E-state index contributed by atoms with van der Waals surface area (Å²) < 4.78 is 37.8. The van der Waals surface area contributed by atoms with Crippen molar-refractivity contribution in [1.29, 1.82) is 0 Å². The Morgan fingerprint density at radius 1 is 1.12 bits per heavy atom. The van der Waals surface area contributed by atoms with Crippen molar-refractivity contribution in [2.75, 3.05) is 24.2 Å². The Balaban J connectivity index is 2.38. The predicted octanol–water partition coefficient (Wildman–Crippen LogP) is 2.21. The van der Waals surface area contributed by atoms with Crippen LogP contribution in [0.15, 0.2) is 5.16 Å². The van der Waals surface area contributed by atoms with Gasteiger partial charge in [0.15, 0.2) is 5.16 Å². The molecule has 17 heavy (non-hydrogen) atoms. The number of nitrogens with zero attached hydrogens (tertiary/aromatic N) is 4. The van der Waals surface area contributed by atoms with Gasteiger partial charge in [0.05, 0.1) is 0 Å². The summed E-state index contributed by atoms with van der Waals surface area (Å²) in [5.74, 6) is -0.979. The Labute approximate surface area is 101 Å². The van der Waals surface area contributed by atoms with E-state index in [4.69, 9.17) is 0 Å². The summed E-state index contributed by atoms with van der Waals surface area (Å²) in [7, 11) is 0. The number of halogens is 3. The first-order valence-corrected chi connectivity index (χ1v) is 6.35. The van der Waals surface area contributed by atoms with Gasteiger partial charge in [-0.2, -0.15) is 28.1 Å². The Bertz CT molecular complexity index is 404. The quantitative estimate of drug-likeness (QED) is 0.766. The molecule has 1 aromatic heterocycles. The predicted molar refractivity (Wildman–Crippen MR) is 58.1 cm³/mol. The highest BCUT2D eigenvalue weighted by molar-refractivity contribution is 7.98. The van der Waals surface area contributed by atoms with Crippen LogP contribution in [0.5, 0.6) is 0 Å². The normalized spacial score (nSPS) is 16.6. The second-order valence-electron chi connectivity index (χ2n) is 3.64. The summed E-state index contributed by atoms with van der Waals surface area (Å²) in [6.07, 6.45) is -0.964. The van der Waals surface area contributed by atoms with Crippen molar-refractivity contribution in [3.63, 3.8) is 0 Å². The van der Waals surface area contributed by atoms with E-state index >= 15 is 0 Å². The van der Waals surface area contributed by atoms with Gasteiger partial charge in [-0.1, -0.05) is 11.8 Å². The summed E-state index contributed by atoms with van der Waals surface area (Å²) in [4.78, 5) is 12.7. The van der Waals surface area contributed by atoms with Crippen LogP contribution in [0.4, 0.5) is 19.1 Å².